The fraction of sp³-hybridized carbons (Fsp3) is 0.375. The van der Waals surface area contributed by atoms with E-state index in [1.807, 2.05) is 6.92 Å². The molecule has 0 bridgehead atoms. The van der Waals surface area contributed by atoms with Crippen molar-refractivity contribution in [2.24, 2.45) is 5.73 Å². The molecule has 0 aliphatic carbocycles. The Labute approximate surface area is 138 Å². The van der Waals surface area contributed by atoms with Crippen molar-refractivity contribution >= 4 is 23.6 Å². The van der Waals surface area contributed by atoms with Crippen LogP contribution in [0, 0.1) is 0 Å². The lowest BCUT2D eigenvalue weighted by molar-refractivity contribution is -0.141. The topological polar surface area (TPSA) is 92.9 Å². The summed E-state index contributed by atoms with van der Waals surface area (Å²) in [6, 6.07) is 6.53. The summed E-state index contributed by atoms with van der Waals surface area (Å²) in [6.45, 7) is 2.30. The molecule has 1 amide bonds. The second kappa shape index (κ2) is 6.25. The predicted octanol–water partition coefficient (Wildman–Crippen LogP) is 1.21. The van der Waals surface area contributed by atoms with E-state index in [-0.39, 0.29) is 17.7 Å². The number of nitrogens with zero attached hydrogens (tertiary/aromatic N) is 1. The maximum Gasteiger partial charge on any atom is 0.307 e. The second-order valence-electron chi connectivity index (χ2n) is 5.67. The van der Waals surface area contributed by atoms with E-state index in [2.05, 4.69) is 0 Å². The minimum Gasteiger partial charge on any atom is -0.487 e. The lowest BCUT2D eigenvalue weighted by Crippen LogP contribution is -2.68. The minimum absolute atomic E-state index is 0.0103. The molecule has 7 heteroatoms. The molecule has 2 atom stereocenters. The highest BCUT2D eigenvalue weighted by molar-refractivity contribution is 8.00. The molecule has 122 valence electrons. The number of carbonyl (C=O) groups is 2. The van der Waals surface area contributed by atoms with Crippen molar-refractivity contribution in [1.29, 1.82) is 0 Å². The van der Waals surface area contributed by atoms with E-state index in [1.54, 1.807) is 40.9 Å². The van der Waals surface area contributed by atoms with Crippen molar-refractivity contribution in [3.05, 3.63) is 41.1 Å². The van der Waals surface area contributed by atoms with Crippen molar-refractivity contribution in [3.8, 4) is 5.75 Å². The first-order valence-corrected chi connectivity index (χ1v) is 8.34. The van der Waals surface area contributed by atoms with Gasteiger partial charge in [-0.15, -0.1) is 11.8 Å². The van der Waals surface area contributed by atoms with Gasteiger partial charge < -0.3 is 15.6 Å². The summed E-state index contributed by atoms with van der Waals surface area (Å²) in [4.78, 5) is 24.3. The number of hydrogen-bond donors (Lipinski definition) is 2. The number of carboxylic acids is 1. The summed E-state index contributed by atoms with van der Waals surface area (Å²) in [5.74, 6) is 0.569. The summed E-state index contributed by atoms with van der Waals surface area (Å²) >= 11 is 1.68. The Kier molecular flexibility index (Phi) is 4.32. The van der Waals surface area contributed by atoms with Crippen LogP contribution in [0.4, 0.5) is 0 Å². The zero-order valence-electron chi connectivity index (χ0n) is 12.7. The lowest BCUT2D eigenvalue weighted by atomic mass is 10.0. The van der Waals surface area contributed by atoms with Crippen molar-refractivity contribution in [2.75, 3.05) is 12.4 Å². The smallest absolute Gasteiger partial charge is 0.307 e. The Morgan fingerprint density at radius 2 is 2.13 bits per heavy atom. The van der Waals surface area contributed by atoms with E-state index in [1.165, 1.54) is 0 Å². The van der Waals surface area contributed by atoms with Crippen LogP contribution in [0.1, 0.15) is 12.5 Å². The number of nitrogens with two attached hydrogens (primary N) is 1. The number of amides is 1. The Hall–Kier alpha value is -1.99. The molecule has 6 nitrogen and oxygen atoms in total. The summed E-state index contributed by atoms with van der Waals surface area (Å²) < 4.78 is 5.76. The Morgan fingerprint density at radius 1 is 1.43 bits per heavy atom. The van der Waals surface area contributed by atoms with Crippen LogP contribution in [0.5, 0.6) is 5.75 Å². The van der Waals surface area contributed by atoms with E-state index in [0.29, 0.717) is 12.4 Å². The summed E-state index contributed by atoms with van der Waals surface area (Å²) in [5.41, 5.74) is 8.55. The third kappa shape index (κ3) is 3.07. The van der Waals surface area contributed by atoms with Crippen molar-refractivity contribution in [1.82, 2.24) is 4.90 Å². The quantitative estimate of drug-likeness (QED) is 0.786. The number of carboxylic acid groups (broad SMARTS) is 1. The van der Waals surface area contributed by atoms with E-state index < -0.39 is 12.0 Å². The fourth-order valence-corrected chi connectivity index (χ4v) is 3.96. The molecule has 3 N–H and O–H groups in total. The van der Waals surface area contributed by atoms with Gasteiger partial charge in [-0.25, -0.2) is 0 Å². The van der Waals surface area contributed by atoms with Gasteiger partial charge in [-0.3, -0.25) is 14.5 Å². The van der Waals surface area contributed by atoms with Gasteiger partial charge in [0, 0.05) is 5.75 Å². The highest BCUT2D eigenvalue weighted by atomic mass is 32.2. The molecule has 0 spiro atoms. The minimum atomic E-state index is -0.863. The first kappa shape index (κ1) is 15.9. The first-order valence-electron chi connectivity index (χ1n) is 7.30. The molecule has 1 saturated heterocycles. The van der Waals surface area contributed by atoms with Gasteiger partial charge >= 0.3 is 5.97 Å². The average molecular weight is 334 g/mol. The monoisotopic (exact) mass is 334 g/mol. The molecule has 23 heavy (non-hydrogen) atoms. The number of rotatable bonds is 5. The third-order valence-electron chi connectivity index (χ3n) is 3.99. The van der Waals surface area contributed by atoms with Crippen LogP contribution in [0.25, 0.3) is 0 Å². The number of β-lactam (4-membered cyclic amide) rings is 1. The Bertz CT molecular complexity index is 671. The van der Waals surface area contributed by atoms with E-state index in [4.69, 9.17) is 15.6 Å². The molecule has 0 radical (unpaired) electrons. The predicted molar refractivity (Wildman–Crippen MR) is 87.0 cm³/mol. The zero-order chi connectivity index (χ0) is 16.6. The summed E-state index contributed by atoms with van der Waals surface area (Å²) in [7, 11) is 0. The lowest BCUT2D eigenvalue weighted by Gasteiger charge is -2.48. The van der Waals surface area contributed by atoms with Gasteiger partial charge in [-0.1, -0.05) is 12.1 Å². The van der Waals surface area contributed by atoms with E-state index in [9.17, 15) is 9.59 Å². The van der Waals surface area contributed by atoms with Gasteiger partial charge in [0.25, 0.3) is 0 Å². The van der Waals surface area contributed by atoms with Gasteiger partial charge in [0.2, 0.25) is 5.91 Å². The van der Waals surface area contributed by atoms with Gasteiger partial charge in [0.05, 0.1) is 12.1 Å². The number of hydrogen-bond acceptors (Lipinski definition) is 5. The zero-order valence-corrected chi connectivity index (χ0v) is 13.5. The van der Waals surface area contributed by atoms with E-state index in [0.717, 1.165) is 22.6 Å². The highest BCUT2D eigenvalue weighted by Gasteiger charge is 2.49. The molecule has 0 aromatic heterocycles. The normalized spacial score (nSPS) is 23.4. The Balaban J connectivity index is 1.65. The largest absolute Gasteiger partial charge is 0.487 e. The van der Waals surface area contributed by atoms with Gasteiger partial charge in [-0.05, 0) is 30.2 Å². The number of carbonyl (C=O) groups excluding carboxylic acids is 1. The van der Waals surface area contributed by atoms with Gasteiger partial charge in [0.15, 0.2) is 0 Å². The maximum absolute atomic E-state index is 12.0. The molecule has 1 aromatic carbocycles. The van der Waals surface area contributed by atoms with E-state index >= 15 is 0 Å². The second-order valence-corrected chi connectivity index (χ2v) is 6.77. The molecule has 1 fully saturated rings. The molecular formula is C16H18N2O4S. The van der Waals surface area contributed by atoms with Gasteiger partial charge in [-0.2, -0.15) is 0 Å². The third-order valence-corrected chi connectivity index (χ3v) is 5.44. The number of thioether (sulfide) groups is 1. The molecular weight excluding hydrogens is 316 g/mol. The van der Waals surface area contributed by atoms with Gasteiger partial charge in [0.1, 0.15) is 23.8 Å². The molecule has 1 aromatic rings. The summed E-state index contributed by atoms with van der Waals surface area (Å²) in [6.07, 6.45) is -0.0103. The Morgan fingerprint density at radius 3 is 2.78 bits per heavy atom. The van der Waals surface area contributed by atoms with Crippen LogP contribution in [0.2, 0.25) is 0 Å². The van der Waals surface area contributed by atoms with Crippen LogP contribution < -0.4 is 10.5 Å². The van der Waals surface area contributed by atoms with Crippen molar-refractivity contribution < 1.29 is 19.4 Å². The van der Waals surface area contributed by atoms with Crippen LogP contribution in [-0.4, -0.2) is 45.7 Å². The molecule has 2 aliphatic rings. The SMILES string of the molecule is CC1=C(COc2ccc(CC(=O)O)cc2)N2C(=O)C(N)[C@@H]2SC1. The molecule has 3 rings (SSSR count). The number of ether oxygens (including phenoxy) is 1. The van der Waals surface area contributed by atoms with Crippen molar-refractivity contribution in [3.63, 3.8) is 0 Å². The molecule has 2 aliphatic heterocycles. The average Bonchev–Trinajstić information content (AvgIpc) is 2.53. The molecule has 0 saturated carbocycles. The summed E-state index contributed by atoms with van der Waals surface area (Å²) in [5, 5.41) is 8.78. The van der Waals surface area contributed by atoms with Crippen LogP contribution in [0.3, 0.4) is 0 Å². The molecule has 2 heterocycles. The van der Waals surface area contributed by atoms with Crippen LogP contribution in [-0.2, 0) is 16.0 Å². The first-order chi connectivity index (χ1) is 11.0. The number of aliphatic carboxylic acids is 1. The fourth-order valence-electron chi connectivity index (χ4n) is 2.67. The van der Waals surface area contributed by atoms with Crippen LogP contribution >= 0.6 is 11.8 Å². The molecule has 1 unspecified atom stereocenters. The van der Waals surface area contributed by atoms with Crippen LogP contribution in [0.15, 0.2) is 35.5 Å². The van der Waals surface area contributed by atoms with Crippen molar-refractivity contribution in [2.45, 2.75) is 24.8 Å². The number of benzene rings is 1. The highest BCUT2D eigenvalue weighted by Crippen LogP contribution is 2.39. The maximum atomic E-state index is 12.0. The number of fused-ring (bicyclic) bond motifs is 1. The standard InChI is InChI=1S/C16H18N2O4S/c1-9-8-23-16-14(17)15(21)18(16)12(9)7-22-11-4-2-10(3-5-11)6-13(19)20/h2-5,14,16H,6-8,17H2,1H3,(H,19,20)/t14?,16-/m0/s1.